The van der Waals surface area contributed by atoms with Gasteiger partial charge in [0.2, 0.25) is 0 Å². The fourth-order valence-electron chi connectivity index (χ4n) is 5.63. The molecule has 2 nitrogen and oxygen atoms in total. The van der Waals surface area contributed by atoms with Crippen molar-refractivity contribution in [1.82, 2.24) is 9.97 Å². The average Bonchev–Trinajstić information content (AvgIpc) is 3.45. The van der Waals surface area contributed by atoms with Crippen molar-refractivity contribution in [1.29, 1.82) is 0 Å². The first-order valence-corrected chi connectivity index (χ1v) is 13.9. The van der Waals surface area contributed by atoms with Crippen LogP contribution >= 0.6 is 11.3 Å². The van der Waals surface area contributed by atoms with Crippen molar-refractivity contribution < 1.29 is 0 Å². The van der Waals surface area contributed by atoms with E-state index in [4.69, 9.17) is 9.97 Å². The van der Waals surface area contributed by atoms with Gasteiger partial charge in [-0.3, -0.25) is 0 Å². The van der Waals surface area contributed by atoms with Gasteiger partial charge < -0.3 is 0 Å². The van der Waals surface area contributed by atoms with Crippen LogP contribution in [0.25, 0.3) is 75.6 Å². The Labute approximate surface area is 229 Å². The van der Waals surface area contributed by atoms with Gasteiger partial charge in [-0.25, -0.2) is 9.97 Å². The highest BCUT2D eigenvalue weighted by atomic mass is 32.1. The van der Waals surface area contributed by atoms with Gasteiger partial charge in [-0.1, -0.05) is 109 Å². The van der Waals surface area contributed by atoms with Crippen LogP contribution in [0.2, 0.25) is 0 Å². The number of nitrogens with zero attached hydrogens (tertiary/aromatic N) is 2. The normalized spacial score (nSPS) is 11.6. The van der Waals surface area contributed by atoms with Gasteiger partial charge >= 0.3 is 0 Å². The molecule has 0 atom stereocenters. The van der Waals surface area contributed by atoms with Crippen LogP contribution in [0.4, 0.5) is 0 Å². The predicted octanol–water partition coefficient (Wildman–Crippen LogP) is 10.2. The Balaban J connectivity index is 1.51. The van der Waals surface area contributed by atoms with Crippen LogP contribution < -0.4 is 0 Å². The van der Waals surface area contributed by atoms with Crippen LogP contribution in [0.15, 0.2) is 133 Å². The minimum absolute atomic E-state index is 0.738. The molecule has 0 saturated carbocycles. The molecule has 0 radical (unpaired) electrons. The van der Waals surface area contributed by atoms with E-state index < -0.39 is 0 Å². The number of hydrogen-bond acceptors (Lipinski definition) is 3. The summed E-state index contributed by atoms with van der Waals surface area (Å²) < 4.78 is 1.26. The second-order valence-corrected chi connectivity index (χ2v) is 10.9. The maximum atomic E-state index is 5.25. The van der Waals surface area contributed by atoms with Crippen LogP contribution in [-0.4, -0.2) is 9.97 Å². The highest BCUT2D eigenvalue weighted by Crippen LogP contribution is 2.42. The summed E-state index contributed by atoms with van der Waals surface area (Å²) in [5.74, 6) is 0.738. The topological polar surface area (TPSA) is 25.8 Å². The highest BCUT2D eigenvalue weighted by Gasteiger charge is 2.18. The third kappa shape index (κ3) is 3.70. The van der Waals surface area contributed by atoms with E-state index in [-0.39, 0.29) is 0 Å². The van der Waals surface area contributed by atoms with Crippen molar-refractivity contribution in [3.05, 3.63) is 133 Å². The molecule has 0 aliphatic heterocycles. The van der Waals surface area contributed by atoms with Crippen molar-refractivity contribution in [2.45, 2.75) is 0 Å². The summed E-state index contributed by atoms with van der Waals surface area (Å²) in [4.78, 5) is 11.5. The Morgan fingerprint density at radius 1 is 0.462 bits per heavy atom. The molecule has 2 heterocycles. The molecule has 0 spiro atoms. The second-order valence-electron chi connectivity index (χ2n) is 9.83. The first-order valence-electron chi connectivity index (χ1n) is 13.1. The molecule has 8 aromatic rings. The maximum absolute atomic E-state index is 5.25. The summed E-state index contributed by atoms with van der Waals surface area (Å²) in [6.45, 7) is 0. The van der Waals surface area contributed by atoms with Crippen LogP contribution in [0, 0.1) is 0 Å². The zero-order chi connectivity index (χ0) is 25.8. The first kappa shape index (κ1) is 22.2. The van der Waals surface area contributed by atoms with E-state index in [0.717, 1.165) is 33.2 Å². The van der Waals surface area contributed by atoms with E-state index in [9.17, 15) is 0 Å². The maximum Gasteiger partial charge on any atom is 0.160 e. The Kier molecular flexibility index (Phi) is 5.04. The van der Waals surface area contributed by atoms with Gasteiger partial charge in [0.25, 0.3) is 0 Å². The molecule has 0 aliphatic rings. The van der Waals surface area contributed by atoms with Gasteiger partial charge in [0.05, 0.1) is 16.3 Å². The van der Waals surface area contributed by atoms with E-state index in [0.29, 0.717) is 0 Å². The third-order valence-electron chi connectivity index (χ3n) is 7.44. The van der Waals surface area contributed by atoms with Crippen LogP contribution in [-0.2, 0) is 0 Å². The fraction of sp³-hybridized carbons (Fsp3) is 0. The summed E-state index contributed by atoms with van der Waals surface area (Å²) in [5.41, 5.74) is 4.05. The summed E-state index contributed by atoms with van der Waals surface area (Å²) in [6.07, 6.45) is 0. The molecule has 0 N–H and O–H groups in total. The van der Waals surface area contributed by atoms with Crippen molar-refractivity contribution in [2.24, 2.45) is 0 Å². The summed E-state index contributed by atoms with van der Waals surface area (Å²) >= 11 is 1.78. The zero-order valence-electron chi connectivity index (χ0n) is 21.0. The van der Waals surface area contributed by atoms with Crippen molar-refractivity contribution in [3.63, 3.8) is 0 Å². The van der Waals surface area contributed by atoms with Crippen molar-refractivity contribution in [3.8, 4) is 33.2 Å². The minimum Gasteiger partial charge on any atom is -0.228 e. The summed E-state index contributed by atoms with van der Waals surface area (Å²) in [5, 5.41) is 8.54. The molecular weight excluding hydrogens is 492 g/mol. The second kappa shape index (κ2) is 8.87. The Bertz CT molecular complexity index is 2140. The molecular formula is C36H22N2S. The van der Waals surface area contributed by atoms with Crippen molar-refractivity contribution in [2.75, 3.05) is 0 Å². The largest absolute Gasteiger partial charge is 0.228 e. The average molecular weight is 515 g/mol. The van der Waals surface area contributed by atoms with E-state index in [1.807, 2.05) is 18.2 Å². The van der Waals surface area contributed by atoms with Gasteiger partial charge in [-0.2, -0.15) is 0 Å². The fourth-order valence-corrected chi connectivity index (χ4v) is 6.66. The van der Waals surface area contributed by atoms with Gasteiger partial charge in [0.15, 0.2) is 5.82 Å². The Morgan fingerprint density at radius 3 is 1.97 bits per heavy atom. The molecule has 0 aliphatic carbocycles. The molecule has 2 aromatic heterocycles. The van der Waals surface area contributed by atoms with Gasteiger partial charge in [0, 0.05) is 15.8 Å². The lowest BCUT2D eigenvalue weighted by molar-refractivity contribution is 1.19. The van der Waals surface area contributed by atoms with E-state index in [2.05, 4.69) is 115 Å². The molecule has 8 rings (SSSR count). The number of aromatic nitrogens is 2. The minimum atomic E-state index is 0.738. The molecule has 0 bridgehead atoms. The number of rotatable bonds is 3. The van der Waals surface area contributed by atoms with Gasteiger partial charge in [-0.15, -0.1) is 11.3 Å². The molecule has 39 heavy (non-hydrogen) atoms. The smallest absolute Gasteiger partial charge is 0.160 e. The quantitative estimate of drug-likeness (QED) is 0.173. The van der Waals surface area contributed by atoms with Crippen LogP contribution in [0.1, 0.15) is 0 Å². The third-order valence-corrected chi connectivity index (χ3v) is 8.58. The molecule has 0 fully saturated rings. The number of fused-ring (bicyclic) bond motifs is 5. The van der Waals surface area contributed by atoms with Gasteiger partial charge in [-0.05, 0) is 62.0 Å². The number of benzene rings is 6. The molecule has 3 heteroatoms. The molecule has 0 unspecified atom stereocenters. The van der Waals surface area contributed by atoms with Crippen molar-refractivity contribution >= 4 is 53.7 Å². The standard InChI is InChI=1S/C36H22N2S/c1-2-11-24(12-3-1)36-37-30(33-21-26-14-6-9-17-32(26)39-33)22-31(38-36)35-29-16-8-5-13-25(29)20-27-19-18-23-10-4-7-15-28(23)34(27)35/h1-22H. The van der Waals surface area contributed by atoms with E-state index in [1.165, 1.54) is 42.4 Å². The molecule has 6 aromatic carbocycles. The Hall–Kier alpha value is -4.86. The predicted molar refractivity (Wildman–Crippen MR) is 166 cm³/mol. The number of thiophene rings is 1. The summed E-state index contributed by atoms with van der Waals surface area (Å²) in [6, 6.07) is 47.3. The zero-order valence-corrected chi connectivity index (χ0v) is 21.8. The van der Waals surface area contributed by atoms with Gasteiger partial charge in [0.1, 0.15) is 0 Å². The Morgan fingerprint density at radius 2 is 1.13 bits per heavy atom. The molecule has 0 amide bonds. The first-order chi connectivity index (χ1) is 19.3. The van der Waals surface area contributed by atoms with E-state index in [1.54, 1.807) is 11.3 Å². The summed E-state index contributed by atoms with van der Waals surface area (Å²) in [7, 11) is 0. The lowest BCUT2D eigenvalue weighted by Gasteiger charge is -2.15. The SMILES string of the molecule is c1ccc(-c2nc(-c3cc4ccccc4s3)cc(-c3c4ccccc4cc4ccc5ccccc5c34)n2)cc1. The van der Waals surface area contributed by atoms with Crippen LogP contribution in [0.5, 0.6) is 0 Å². The molecule has 0 saturated heterocycles. The highest BCUT2D eigenvalue weighted by molar-refractivity contribution is 7.22. The lowest BCUT2D eigenvalue weighted by Crippen LogP contribution is -1.96. The number of hydrogen-bond donors (Lipinski definition) is 0. The molecule has 182 valence electrons. The van der Waals surface area contributed by atoms with E-state index >= 15 is 0 Å². The monoisotopic (exact) mass is 514 g/mol. The lowest BCUT2D eigenvalue weighted by atomic mass is 9.91. The van der Waals surface area contributed by atoms with Crippen LogP contribution in [0.3, 0.4) is 0 Å².